The lowest BCUT2D eigenvalue weighted by Crippen LogP contribution is -2.41. The Morgan fingerprint density at radius 1 is 1.31 bits per heavy atom. The number of aliphatic hydroxyl groups is 1. The lowest BCUT2D eigenvalue weighted by molar-refractivity contribution is -0.122. The number of H-pyrrole nitrogens is 1. The van der Waals surface area contributed by atoms with Gasteiger partial charge >= 0.3 is 0 Å². The molecule has 7 nitrogen and oxygen atoms in total. The number of carboxylic acid groups (broad SMARTS) is 1. The van der Waals surface area contributed by atoms with Crippen LogP contribution in [0.5, 0.6) is 0 Å². The van der Waals surface area contributed by atoms with Gasteiger partial charge in [0.25, 0.3) is 6.47 Å². The first-order valence-electron chi connectivity index (χ1n) is 10.6. The number of carbonyl (C=O) groups is 1. The molecule has 3 heterocycles. The van der Waals surface area contributed by atoms with Crippen molar-refractivity contribution in [2.45, 2.75) is 32.2 Å². The summed E-state index contributed by atoms with van der Waals surface area (Å²) in [6.45, 7) is 6.52. The average molecular weight is 479 g/mol. The second kappa shape index (κ2) is 11.0. The molecular weight excluding hydrogens is 451 g/mol. The maximum atomic E-state index is 10.2. The molecule has 0 fully saturated rings. The number of hydrogen-bond donors (Lipinski definition) is 4. The molecule has 1 aliphatic rings. The molecule has 0 spiro atoms. The van der Waals surface area contributed by atoms with E-state index in [0.717, 1.165) is 59.2 Å². The smallest absolute Gasteiger partial charge is 0.290 e. The van der Waals surface area contributed by atoms with E-state index in [0.29, 0.717) is 10.9 Å². The third-order valence-electron chi connectivity index (χ3n) is 5.74. The fourth-order valence-corrected chi connectivity index (χ4v) is 4.78. The maximum Gasteiger partial charge on any atom is 0.290 e. The molecule has 0 aliphatic carbocycles. The second-order valence-electron chi connectivity index (χ2n) is 7.75. The van der Waals surface area contributed by atoms with Crippen LogP contribution in [0.4, 0.5) is 5.82 Å². The summed E-state index contributed by atoms with van der Waals surface area (Å²) in [4.78, 5) is 18.8. The van der Waals surface area contributed by atoms with Gasteiger partial charge in [-0.05, 0) is 48.2 Å². The Bertz CT molecular complexity index is 1070. The fourth-order valence-electron chi connectivity index (χ4n) is 4.36. The third kappa shape index (κ3) is 5.18. The lowest BCUT2D eigenvalue weighted by Gasteiger charge is -2.38. The minimum absolute atomic E-state index is 0.0569. The van der Waals surface area contributed by atoms with Gasteiger partial charge < -0.3 is 20.5 Å². The van der Waals surface area contributed by atoms with Crippen molar-refractivity contribution < 1.29 is 15.0 Å². The average Bonchev–Trinajstić information content (AvgIpc) is 3.14. The molecule has 172 valence electrons. The van der Waals surface area contributed by atoms with Gasteiger partial charge in [-0.1, -0.05) is 37.0 Å². The summed E-state index contributed by atoms with van der Waals surface area (Å²) in [6.07, 6.45) is 0.803. The molecule has 1 aliphatic heterocycles. The van der Waals surface area contributed by atoms with Crippen LogP contribution in [-0.2, 0) is 11.2 Å². The molecule has 0 amide bonds. The van der Waals surface area contributed by atoms with Crippen LogP contribution in [0, 0.1) is 0 Å². The number of aromatic nitrogens is 2. The molecular formula is C23H28Cl2N4O3. The largest absolute Gasteiger partial charge is 0.483 e. The Kier molecular flexibility index (Phi) is 8.37. The minimum atomic E-state index is -0.250. The molecule has 1 aromatic carbocycles. The molecule has 0 radical (unpaired) electrons. The highest BCUT2D eigenvalue weighted by Gasteiger charge is 2.33. The predicted octanol–water partition coefficient (Wildman–Crippen LogP) is 4.70. The van der Waals surface area contributed by atoms with Crippen LogP contribution in [0.25, 0.3) is 10.9 Å². The quantitative estimate of drug-likeness (QED) is 0.383. The van der Waals surface area contributed by atoms with Crippen LogP contribution in [0.3, 0.4) is 0 Å². The number of nitrogens with one attached hydrogen (secondary N) is 2. The summed E-state index contributed by atoms with van der Waals surface area (Å²) < 4.78 is 0. The van der Waals surface area contributed by atoms with Crippen LogP contribution in [-0.4, -0.2) is 57.8 Å². The highest BCUT2D eigenvalue weighted by atomic mass is 35.5. The lowest BCUT2D eigenvalue weighted by atomic mass is 9.89. The van der Waals surface area contributed by atoms with Crippen molar-refractivity contribution in [2.24, 2.45) is 0 Å². The second-order valence-corrected chi connectivity index (χ2v) is 8.59. The molecule has 4 rings (SSSR count). The first-order chi connectivity index (χ1) is 15.4. The molecule has 32 heavy (non-hydrogen) atoms. The number of aromatic amines is 1. The van der Waals surface area contributed by atoms with Crippen LogP contribution in [0.2, 0.25) is 10.0 Å². The van der Waals surface area contributed by atoms with E-state index in [4.69, 9.17) is 33.1 Å². The number of halogens is 2. The van der Waals surface area contributed by atoms with Crippen molar-refractivity contribution >= 4 is 46.4 Å². The zero-order valence-corrected chi connectivity index (χ0v) is 19.6. The van der Waals surface area contributed by atoms with Gasteiger partial charge in [0, 0.05) is 41.3 Å². The van der Waals surface area contributed by atoms with E-state index in [9.17, 15) is 5.11 Å². The number of aliphatic hydroxyl groups excluding tert-OH is 1. The molecule has 0 saturated carbocycles. The monoisotopic (exact) mass is 478 g/mol. The van der Waals surface area contributed by atoms with E-state index in [1.807, 2.05) is 37.3 Å². The zero-order chi connectivity index (χ0) is 23.3. The summed E-state index contributed by atoms with van der Waals surface area (Å²) in [5.41, 5.74) is 4.35. The topological polar surface area (TPSA) is 101 Å². The predicted molar refractivity (Wildman–Crippen MR) is 129 cm³/mol. The summed E-state index contributed by atoms with van der Waals surface area (Å²) in [6, 6.07) is 9.67. The van der Waals surface area contributed by atoms with E-state index in [1.165, 1.54) is 5.56 Å². The van der Waals surface area contributed by atoms with E-state index in [1.54, 1.807) is 0 Å². The summed E-state index contributed by atoms with van der Waals surface area (Å²) in [7, 11) is 0. The molecule has 2 unspecified atom stereocenters. The van der Waals surface area contributed by atoms with Gasteiger partial charge in [-0.3, -0.25) is 9.69 Å². The number of aryl methyl sites for hydroxylation is 1. The van der Waals surface area contributed by atoms with Crippen molar-refractivity contribution in [1.29, 1.82) is 0 Å². The Hall–Kier alpha value is -2.32. The summed E-state index contributed by atoms with van der Waals surface area (Å²) in [5, 5.41) is 23.0. The Morgan fingerprint density at radius 3 is 2.75 bits per heavy atom. The van der Waals surface area contributed by atoms with E-state index >= 15 is 0 Å². The molecule has 4 N–H and O–H groups in total. The van der Waals surface area contributed by atoms with E-state index in [2.05, 4.69) is 27.1 Å². The first kappa shape index (κ1) is 24.3. The number of benzene rings is 1. The molecule has 0 bridgehead atoms. The van der Waals surface area contributed by atoms with E-state index in [-0.39, 0.29) is 19.1 Å². The van der Waals surface area contributed by atoms with Gasteiger partial charge in [0.1, 0.15) is 5.82 Å². The van der Waals surface area contributed by atoms with Crippen molar-refractivity contribution in [3.05, 3.63) is 57.3 Å². The summed E-state index contributed by atoms with van der Waals surface area (Å²) in [5.74, 6) is 1.18. The first-order valence-corrected chi connectivity index (χ1v) is 11.3. The molecule has 2 aromatic heterocycles. The number of rotatable bonds is 6. The van der Waals surface area contributed by atoms with Gasteiger partial charge in [-0.25, -0.2) is 4.98 Å². The van der Waals surface area contributed by atoms with Gasteiger partial charge in [0.15, 0.2) is 0 Å². The van der Waals surface area contributed by atoms with Crippen LogP contribution in [0.15, 0.2) is 30.3 Å². The van der Waals surface area contributed by atoms with Crippen molar-refractivity contribution in [1.82, 2.24) is 14.9 Å². The number of pyridine rings is 1. The number of fused-ring (bicyclic) bond motifs is 3. The molecule has 0 saturated heterocycles. The third-order valence-corrected chi connectivity index (χ3v) is 6.32. The SMILES string of the molecule is CCc1nc(NCCN2CC(C)c3c([nH]c4ccc(Cl)cc34)C2CO)ccc1Cl.O=CO. The molecule has 3 aromatic rings. The van der Waals surface area contributed by atoms with Crippen LogP contribution < -0.4 is 5.32 Å². The van der Waals surface area contributed by atoms with E-state index < -0.39 is 0 Å². The normalized spacial score (nSPS) is 18.0. The van der Waals surface area contributed by atoms with Crippen LogP contribution >= 0.6 is 23.2 Å². The van der Waals surface area contributed by atoms with Gasteiger partial charge in [0.2, 0.25) is 0 Å². The number of nitrogens with zero attached hydrogens (tertiary/aromatic N) is 2. The van der Waals surface area contributed by atoms with Crippen molar-refractivity contribution in [3.8, 4) is 0 Å². The summed E-state index contributed by atoms with van der Waals surface area (Å²) >= 11 is 12.4. The molecule has 2 atom stereocenters. The fraction of sp³-hybridized carbons (Fsp3) is 0.391. The zero-order valence-electron chi connectivity index (χ0n) is 18.1. The number of hydrogen-bond acceptors (Lipinski definition) is 5. The van der Waals surface area contributed by atoms with Crippen molar-refractivity contribution in [3.63, 3.8) is 0 Å². The maximum absolute atomic E-state index is 10.2. The minimum Gasteiger partial charge on any atom is -0.483 e. The van der Waals surface area contributed by atoms with Gasteiger partial charge in [0.05, 0.1) is 23.4 Å². The Labute approximate surface area is 197 Å². The van der Waals surface area contributed by atoms with Gasteiger partial charge in [-0.15, -0.1) is 0 Å². The molecule has 9 heteroatoms. The number of anilines is 1. The highest BCUT2D eigenvalue weighted by Crippen LogP contribution is 2.40. The van der Waals surface area contributed by atoms with Crippen molar-refractivity contribution in [2.75, 3.05) is 31.6 Å². The Morgan fingerprint density at radius 2 is 2.06 bits per heavy atom. The standard InChI is InChI=1S/C22H26Cl2N4O.CH2O2/c1-3-17-16(24)5-7-20(26-17)25-8-9-28-11-13(2)21-15-10-14(23)4-6-18(15)27-22(21)19(28)12-29;2-1-3/h4-7,10,13,19,27,29H,3,8-9,11-12H2,1-2H3,(H,25,26);1H,(H,2,3). The van der Waals surface area contributed by atoms with Crippen LogP contribution in [0.1, 0.15) is 42.8 Å². The van der Waals surface area contributed by atoms with Gasteiger partial charge in [-0.2, -0.15) is 0 Å². The Balaban J connectivity index is 0.000000913. The highest BCUT2D eigenvalue weighted by molar-refractivity contribution is 6.31.